The smallest absolute Gasteiger partial charge is 0.135 e. The Morgan fingerprint density at radius 1 is 1.20 bits per heavy atom. The monoisotopic (exact) mass is 143 g/mol. The molecule has 0 aromatic carbocycles. The van der Waals surface area contributed by atoms with Gasteiger partial charge in [0, 0.05) is 6.04 Å². The third-order valence-electron chi connectivity index (χ3n) is 1.68. The van der Waals surface area contributed by atoms with E-state index in [-0.39, 0.29) is 0 Å². The van der Waals surface area contributed by atoms with Crippen molar-refractivity contribution < 1.29 is 4.74 Å². The molecule has 1 fully saturated rings. The number of epoxide rings is 1. The molecule has 0 saturated carbocycles. The first-order valence-corrected chi connectivity index (χ1v) is 4.02. The maximum Gasteiger partial charge on any atom is 0.135 e. The number of nitrogens with one attached hydrogen (secondary N) is 1. The second kappa shape index (κ2) is 2.89. The lowest BCUT2D eigenvalue weighted by molar-refractivity contribution is 0.313. The lowest BCUT2D eigenvalue weighted by Gasteiger charge is -2.04. The Bertz CT molecular complexity index is 112. The van der Waals surface area contributed by atoms with E-state index in [9.17, 15) is 0 Å². The molecule has 1 aliphatic rings. The summed E-state index contributed by atoms with van der Waals surface area (Å²) in [4.78, 5) is 0. The number of hydrogen-bond donors (Lipinski definition) is 1. The summed E-state index contributed by atoms with van der Waals surface area (Å²) in [7, 11) is 0. The van der Waals surface area contributed by atoms with E-state index in [0.717, 1.165) is 0 Å². The highest BCUT2D eigenvalue weighted by Gasteiger charge is 2.40. The van der Waals surface area contributed by atoms with Crippen LogP contribution in [0.4, 0.5) is 0 Å². The highest BCUT2D eigenvalue weighted by Crippen LogP contribution is 2.26. The van der Waals surface area contributed by atoms with E-state index in [2.05, 4.69) is 33.0 Å². The maximum atomic E-state index is 5.38. The number of hydrogen-bond acceptors (Lipinski definition) is 2. The van der Waals surface area contributed by atoms with Crippen molar-refractivity contribution >= 4 is 0 Å². The summed E-state index contributed by atoms with van der Waals surface area (Å²) in [6.45, 7) is 8.65. The lowest BCUT2D eigenvalue weighted by atomic mass is 10.1. The van der Waals surface area contributed by atoms with Crippen LogP contribution in [0.25, 0.3) is 0 Å². The van der Waals surface area contributed by atoms with E-state index < -0.39 is 0 Å². The summed E-state index contributed by atoms with van der Waals surface area (Å²) >= 11 is 0. The van der Waals surface area contributed by atoms with Crippen LogP contribution in [0, 0.1) is 5.92 Å². The Kier molecular flexibility index (Phi) is 2.32. The molecule has 2 atom stereocenters. The predicted molar refractivity (Wildman–Crippen MR) is 41.8 cm³/mol. The summed E-state index contributed by atoms with van der Waals surface area (Å²) in [5.74, 6) is 0.649. The normalized spacial score (nSPS) is 31.8. The van der Waals surface area contributed by atoms with Crippen molar-refractivity contribution in [1.29, 1.82) is 0 Å². The number of ether oxygens (including phenoxy) is 1. The maximum absolute atomic E-state index is 5.38. The van der Waals surface area contributed by atoms with Crippen LogP contribution in [0.3, 0.4) is 0 Å². The van der Waals surface area contributed by atoms with Crippen molar-refractivity contribution in [1.82, 2.24) is 5.32 Å². The van der Waals surface area contributed by atoms with Gasteiger partial charge in [-0.05, 0) is 19.8 Å². The first kappa shape index (κ1) is 8.02. The zero-order valence-electron chi connectivity index (χ0n) is 7.22. The first-order chi connectivity index (χ1) is 4.61. The molecule has 1 rings (SSSR count). The molecule has 10 heavy (non-hydrogen) atoms. The van der Waals surface area contributed by atoms with Gasteiger partial charge >= 0.3 is 0 Å². The molecule has 0 amide bonds. The van der Waals surface area contributed by atoms with Gasteiger partial charge in [0.1, 0.15) is 12.3 Å². The largest absolute Gasteiger partial charge is 0.353 e. The Morgan fingerprint density at radius 2 is 1.80 bits per heavy atom. The van der Waals surface area contributed by atoms with Gasteiger partial charge in [-0.2, -0.15) is 0 Å². The highest BCUT2D eigenvalue weighted by molar-refractivity contribution is 4.85. The average Bonchev–Trinajstić information content (AvgIpc) is 2.43. The van der Waals surface area contributed by atoms with E-state index in [1.165, 1.54) is 0 Å². The third-order valence-corrected chi connectivity index (χ3v) is 1.68. The summed E-state index contributed by atoms with van der Waals surface area (Å²) in [6, 6.07) is 0.536. The predicted octanol–water partition coefficient (Wildman–Crippen LogP) is 1.37. The van der Waals surface area contributed by atoms with Crippen molar-refractivity contribution in [3.63, 3.8) is 0 Å². The van der Waals surface area contributed by atoms with Crippen molar-refractivity contribution in [3.05, 3.63) is 0 Å². The Hall–Kier alpha value is -0.0800. The van der Waals surface area contributed by atoms with E-state index >= 15 is 0 Å². The molecule has 2 unspecified atom stereocenters. The summed E-state index contributed by atoms with van der Waals surface area (Å²) in [6.07, 6.45) is 0.794. The third kappa shape index (κ3) is 1.96. The standard InChI is InChI=1S/C8H17NO/c1-5(2)7-8(10-7)9-6(3)4/h5-9H,1-4H3. The van der Waals surface area contributed by atoms with Gasteiger partial charge in [-0.15, -0.1) is 0 Å². The zero-order valence-corrected chi connectivity index (χ0v) is 7.22. The van der Waals surface area contributed by atoms with Gasteiger partial charge in [0.05, 0.1) is 0 Å². The molecular weight excluding hydrogens is 126 g/mol. The van der Waals surface area contributed by atoms with Crippen LogP contribution in [0.15, 0.2) is 0 Å². The second-order valence-corrected chi connectivity index (χ2v) is 3.59. The van der Waals surface area contributed by atoms with E-state index in [1.807, 2.05) is 0 Å². The van der Waals surface area contributed by atoms with Crippen molar-refractivity contribution in [2.45, 2.75) is 46.1 Å². The molecule has 2 heteroatoms. The van der Waals surface area contributed by atoms with Crippen LogP contribution >= 0.6 is 0 Å². The van der Waals surface area contributed by atoms with E-state index in [4.69, 9.17) is 4.74 Å². The van der Waals surface area contributed by atoms with E-state index in [1.54, 1.807) is 0 Å². The summed E-state index contributed by atoms with van der Waals surface area (Å²) < 4.78 is 5.38. The van der Waals surface area contributed by atoms with Gasteiger partial charge in [0.2, 0.25) is 0 Å². The SMILES string of the molecule is CC(C)NC1OC1C(C)C. The summed E-state index contributed by atoms with van der Waals surface area (Å²) in [5.41, 5.74) is 0. The molecule has 1 aliphatic heterocycles. The fourth-order valence-electron chi connectivity index (χ4n) is 1.09. The fraction of sp³-hybridized carbons (Fsp3) is 1.00. The lowest BCUT2D eigenvalue weighted by Crippen LogP contribution is -2.28. The van der Waals surface area contributed by atoms with Crippen LogP contribution in [0.1, 0.15) is 27.7 Å². The van der Waals surface area contributed by atoms with Crippen molar-refractivity contribution in [3.8, 4) is 0 Å². The number of rotatable bonds is 3. The van der Waals surface area contributed by atoms with E-state index in [0.29, 0.717) is 24.3 Å². The molecular formula is C8H17NO. The van der Waals surface area contributed by atoms with Gasteiger partial charge < -0.3 is 4.74 Å². The van der Waals surface area contributed by atoms with Gasteiger partial charge in [-0.3, -0.25) is 5.32 Å². The Balaban J connectivity index is 2.13. The molecule has 0 radical (unpaired) electrons. The minimum Gasteiger partial charge on any atom is -0.353 e. The minimum absolute atomic E-state index is 0.333. The second-order valence-electron chi connectivity index (χ2n) is 3.59. The average molecular weight is 143 g/mol. The molecule has 0 aromatic heterocycles. The summed E-state index contributed by atoms with van der Waals surface area (Å²) in [5, 5.41) is 3.33. The topological polar surface area (TPSA) is 24.6 Å². The molecule has 1 saturated heterocycles. The molecule has 1 heterocycles. The molecule has 0 spiro atoms. The molecule has 60 valence electrons. The molecule has 2 nitrogen and oxygen atoms in total. The van der Waals surface area contributed by atoms with Crippen LogP contribution in [-0.2, 0) is 4.74 Å². The minimum atomic E-state index is 0.333. The molecule has 0 aromatic rings. The Morgan fingerprint density at radius 3 is 2.10 bits per heavy atom. The van der Waals surface area contributed by atoms with Crippen molar-refractivity contribution in [2.24, 2.45) is 5.92 Å². The van der Waals surface area contributed by atoms with Crippen LogP contribution in [0.2, 0.25) is 0 Å². The van der Waals surface area contributed by atoms with Gasteiger partial charge in [0.15, 0.2) is 0 Å². The molecule has 1 N–H and O–H groups in total. The van der Waals surface area contributed by atoms with Crippen LogP contribution in [-0.4, -0.2) is 18.4 Å². The quantitative estimate of drug-likeness (QED) is 0.603. The molecule has 0 aliphatic carbocycles. The van der Waals surface area contributed by atoms with Crippen LogP contribution < -0.4 is 5.32 Å². The Labute approximate surface area is 63.0 Å². The van der Waals surface area contributed by atoms with Crippen molar-refractivity contribution in [2.75, 3.05) is 0 Å². The van der Waals surface area contributed by atoms with Crippen LogP contribution in [0.5, 0.6) is 0 Å². The highest BCUT2D eigenvalue weighted by atomic mass is 16.6. The fourth-order valence-corrected chi connectivity index (χ4v) is 1.09. The first-order valence-electron chi connectivity index (χ1n) is 4.02. The molecule has 0 bridgehead atoms. The van der Waals surface area contributed by atoms with Gasteiger partial charge in [0.25, 0.3) is 0 Å². The van der Waals surface area contributed by atoms with Gasteiger partial charge in [-0.25, -0.2) is 0 Å². The zero-order chi connectivity index (χ0) is 7.72. The van der Waals surface area contributed by atoms with Gasteiger partial charge in [-0.1, -0.05) is 13.8 Å².